The first-order chi connectivity index (χ1) is 3.98. The van der Waals surface area contributed by atoms with Gasteiger partial charge in [-0.1, -0.05) is 6.92 Å². The fraction of sp³-hybridized carbons (Fsp3) is 1.00. The molecule has 0 saturated heterocycles. The highest BCUT2D eigenvalue weighted by molar-refractivity contribution is 7.32. The van der Waals surface area contributed by atoms with E-state index >= 15 is 0 Å². The lowest BCUT2D eigenvalue weighted by Gasteiger charge is -2.20. The zero-order valence-corrected chi connectivity index (χ0v) is 6.97. The van der Waals surface area contributed by atoms with Crippen molar-refractivity contribution in [3.05, 3.63) is 0 Å². The van der Waals surface area contributed by atoms with Crippen LogP contribution in [0.3, 0.4) is 0 Å². The zero-order valence-electron chi connectivity index (χ0n) is 5.97. The van der Waals surface area contributed by atoms with Crippen LogP contribution in [0.5, 0.6) is 0 Å². The molecule has 0 aliphatic heterocycles. The molecular formula is C5H13O3P. The van der Waals surface area contributed by atoms with E-state index < -0.39 is 13.9 Å². The molecule has 0 aromatic carbocycles. The summed E-state index contributed by atoms with van der Waals surface area (Å²) in [5, 5.41) is 0. The summed E-state index contributed by atoms with van der Waals surface area (Å²) >= 11 is 0. The highest BCUT2D eigenvalue weighted by atomic mass is 31.1. The largest absolute Gasteiger partial charge is 0.326 e. The molecule has 0 bridgehead atoms. The van der Waals surface area contributed by atoms with Gasteiger partial charge in [0.2, 0.25) is 0 Å². The van der Waals surface area contributed by atoms with Crippen molar-refractivity contribution in [1.29, 1.82) is 0 Å². The highest BCUT2D eigenvalue weighted by Gasteiger charge is 2.16. The summed E-state index contributed by atoms with van der Waals surface area (Å²) in [7, 11) is -2.75. The first kappa shape index (κ1) is 9.15. The van der Waals surface area contributed by atoms with Crippen molar-refractivity contribution < 1.29 is 14.0 Å². The van der Waals surface area contributed by atoms with Gasteiger partial charge in [-0.15, -0.1) is 0 Å². The topological polar surface area (TPSA) is 46.5 Å². The molecule has 1 N–H and O–H groups in total. The molecule has 1 atom stereocenters. The van der Waals surface area contributed by atoms with Gasteiger partial charge < -0.3 is 9.42 Å². The zero-order chi connectivity index (χ0) is 7.49. The van der Waals surface area contributed by atoms with Crippen LogP contribution in [0, 0.1) is 0 Å². The quantitative estimate of drug-likeness (QED) is 0.624. The molecule has 9 heavy (non-hydrogen) atoms. The van der Waals surface area contributed by atoms with Gasteiger partial charge in [0.25, 0.3) is 0 Å². The minimum atomic E-state index is -2.75. The van der Waals surface area contributed by atoms with Gasteiger partial charge in [-0.05, 0) is 20.3 Å². The summed E-state index contributed by atoms with van der Waals surface area (Å²) in [6.07, 6.45) is 0.740. The first-order valence-electron chi connectivity index (χ1n) is 2.90. The van der Waals surface area contributed by atoms with Gasteiger partial charge in [0, 0.05) is 0 Å². The van der Waals surface area contributed by atoms with E-state index in [4.69, 9.17) is 4.89 Å². The van der Waals surface area contributed by atoms with Gasteiger partial charge in [0.15, 0.2) is 0 Å². The Kier molecular flexibility index (Phi) is 3.41. The standard InChI is InChI=1S/C5H13O3P/c1-4-5(2,3)8-9(6)7/h9H,4H2,1-3H3,(H,6,7). The maximum atomic E-state index is 10.1. The van der Waals surface area contributed by atoms with E-state index in [1.54, 1.807) is 13.8 Å². The lowest BCUT2D eigenvalue weighted by Crippen LogP contribution is -2.18. The Morgan fingerprint density at radius 3 is 2.22 bits per heavy atom. The Balaban J connectivity index is 3.71. The molecule has 3 nitrogen and oxygen atoms in total. The van der Waals surface area contributed by atoms with Gasteiger partial charge in [-0.25, -0.2) is 0 Å². The molecule has 4 heteroatoms. The molecule has 0 rings (SSSR count). The highest BCUT2D eigenvalue weighted by Crippen LogP contribution is 2.27. The fourth-order valence-corrected chi connectivity index (χ4v) is 0.926. The van der Waals surface area contributed by atoms with Crippen LogP contribution in [0.15, 0.2) is 0 Å². The van der Waals surface area contributed by atoms with E-state index in [2.05, 4.69) is 4.52 Å². The summed E-state index contributed by atoms with van der Waals surface area (Å²) in [5.74, 6) is 0. The van der Waals surface area contributed by atoms with Crippen molar-refractivity contribution in [3.8, 4) is 0 Å². The summed E-state index contributed by atoms with van der Waals surface area (Å²) in [6.45, 7) is 5.47. The Bertz CT molecular complexity index is 111. The van der Waals surface area contributed by atoms with Crippen LogP contribution in [0.25, 0.3) is 0 Å². The Morgan fingerprint density at radius 2 is 2.11 bits per heavy atom. The molecule has 0 aromatic rings. The lowest BCUT2D eigenvalue weighted by atomic mass is 10.1. The van der Waals surface area contributed by atoms with Crippen LogP contribution in [-0.2, 0) is 9.09 Å². The molecule has 0 aliphatic carbocycles. The van der Waals surface area contributed by atoms with Gasteiger partial charge in [0.1, 0.15) is 0 Å². The summed E-state index contributed by atoms with van der Waals surface area (Å²) in [6, 6.07) is 0. The number of rotatable bonds is 3. The molecular weight excluding hydrogens is 139 g/mol. The maximum absolute atomic E-state index is 10.1. The molecule has 0 aliphatic rings. The average molecular weight is 152 g/mol. The van der Waals surface area contributed by atoms with E-state index in [9.17, 15) is 4.57 Å². The minimum absolute atomic E-state index is 0.454. The van der Waals surface area contributed by atoms with E-state index in [1.165, 1.54) is 0 Å². The van der Waals surface area contributed by atoms with Gasteiger partial charge >= 0.3 is 8.25 Å². The third-order valence-corrected chi connectivity index (χ3v) is 1.94. The van der Waals surface area contributed by atoms with Crippen LogP contribution in [0.2, 0.25) is 0 Å². The normalized spacial score (nSPS) is 15.6. The second-order valence-electron chi connectivity index (χ2n) is 2.48. The number of hydrogen-bond acceptors (Lipinski definition) is 2. The first-order valence-corrected chi connectivity index (χ1v) is 4.16. The van der Waals surface area contributed by atoms with Gasteiger partial charge in [-0.2, -0.15) is 0 Å². The summed E-state index contributed by atoms with van der Waals surface area (Å²) < 4.78 is 14.8. The van der Waals surface area contributed by atoms with Crippen LogP contribution >= 0.6 is 8.25 Å². The predicted octanol–water partition coefficient (Wildman–Crippen LogP) is 1.57. The van der Waals surface area contributed by atoms with Gasteiger partial charge in [-0.3, -0.25) is 4.57 Å². The molecule has 0 radical (unpaired) electrons. The Hall–Kier alpha value is 0.150. The Labute approximate surface area is 56.0 Å². The average Bonchev–Trinajstić information content (AvgIpc) is 1.63. The van der Waals surface area contributed by atoms with E-state index in [0.29, 0.717) is 0 Å². The van der Waals surface area contributed by atoms with Crippen LogP contribution in [0.1, 0.15) is 27.2 Å². The van der Waals surface area contributed by atoms with Crippen molar-refractivity contribution in [2.75, 3.05) is 0 Å². The van der Waals surface area contributed by atoms with Crippen molar-refractivity contribution in [2.45, 2.75) is 32.8 Å². The third-order valence-electron chi connectivity index (χ3n) is 1.22. The van der Waals surface area contributed by atoms with E-state index in [1.807, 2.05) is 6.92 Å². The molecule has 56 valence electrons. The third kappa shape index (κ3) is 4.64. The molecule has 0 aromatic heterocycles. The Morgan fingerprint density at radius 1 is 1.67 bits per heavy atom. The van der Waals surface area contributed by atoms with Crippen LogP contribution in [-0.4, -0.2) is 10.5 Å². The predicted molar refractivity (Wildman–Crippen MR) is 36.7 cm³/mol. The molecule has 0 saturated carbocycles. The van der Waals surface area contributed by atoms with Gasteiger partial charge in [0.05, 0.1) is 5.60 Å². The van der Waals surface area contributed by atoms with Crippen molar-refractivity contribution >= 4 is 8.25 Å². The van der Waals surface area contributed by atoms with Crippen molar-refractivity contribution in [3.63, 3.8) is 0 Å². The SMILES string of the molecule is CCC(C)(C)O[PH](=O)O. The fourth-order valence-electron chi connectivity index (χ4n) is 0.309. The van der Waals surface area contributed by atoms with Crippen molar-refractivity contribution in [1.82, 2.24) is 0 Å². The molecule has 0 amide bonds. The minimum Gasteiger partial charge on any atom is -0.326 e. The van der Waals surface area contributed by atoms with Crippen LogP contribution < -0.4 is 0 Å². The second kappa shape index (κ2) is 3.35. The van der Waals surface area contributed by atoms with Crippen molar-refractivity contribution in [2.24, 2.45) is 0 Å². The summed E-state index contributed by atoms with van der Waals surface area (Å²) in [5.41, 5.74) is -0.454. The molecule has 1 unspecified atom stereocenters. The molecule has 0 fully saturated rings. The number of hydrogen-bond donors (Lipinski definition) is 1. The lowest BCUT2D eigenvalue weighted by molar-refractivity contribution is 0.0994. The molecule has 0 heterocycles. The smallest absolute Gasteiger partial charge is 0.317 e. The van der Waals surface area contributed by atoms with E-state index in [-0.39, 0.29) is 0 Å². The van der Waals surface area contributed by atoms with E-state index in [0.717, 1.165) is 6.42 Å². The monoisotopic (exact) mass is 152 g/mol. The maximum Gasteiger partial charge on any atom is 0.317 e. The summed E-state index contributed by atoms with van der Waals surface area (Å²) in [4.78, 5) is 8.34. The van der Waals surface area contributed by atoms with Crippen LogP contribution in [0.4, 0.5) is 0 Å². The second-order valence-corrected chi connectivity index (χ2v) is 3.22. The molecule has 0 spiro atoms.